The van der Waals surface area contributed by atoms with Gasteiger partial charge in [-0.3, -0.25) is 14.4 Å². The fourth-order valence-electron chi connectivity index (χ4n) is 3.23. The topological polar surface area (TPSA) is 96.5 Å². The Labute approximate surface area is 179 Å². The Morgan fingerprint density at radius 1 is 0.903 bits per heavy atom. The molecule has 7 nitrogen and oxygen atoms in total. The molecule has 0 aromatic heterocycles. The molecule has 3 N–H and O–H groups in total. The molecule has 1 heterocycles. The fraction of sp³-hybridized carbons (Fsp3) is 0.125. The van der Waals surface area contributed by atoms with Crippen LogP contribution in [0.4, 0.5) is 11.4 Å². The van der Waals surface area contributed by atoms with Crippen LogP contribution in [-0.2, 0) is 16.2 Å². The lowest BCUT2D eigenvalue weighted by Crippen LogP contribution is -2.43. The summed E-state index contributed by atoms with van der Waals surface area (Å²) in [6.45, 7) is 0.450. The molecule has 3 amide bonds. The van der Waals surface area contributed by atoms with Gasteiger partial charge in [0, 0.05) is 5.69 Å². The molecule has 31 heavy (non-hydrogen) atoms. The van der Waals surface area contributed by atoms with Crippen molar-refractivity contribution in [1.82, 2.24) is 5.32 Å². The largest absolute Gasteiger partial charge is 0.489 e. The van der Waals surface area contributed by atoms with Crippen molar-refractivity contribution in [2.75, 3.05) is 10.6 Å². The smallest absolute Gasteiger partial charge is 0.254 e. The van der Waals surface area contributed by atoms with Gasteiger partial charge >= 0.3 is 0 Å². The van der Waals surface area contributed by atoms with Gasteiger partial charge < -0.3 is 20.7 Å². The van der Waals surface area contributed by atoms with E-state index in [-0.39, 0.29) is 12.3 Å². The molecule has 0 aliphatic carbocycles. The van der Waals surface area contributed by atoms with Gasteiger partial charge in [0.05, 0.1) is 17.7 Å². The number of fused-ring (bicyclic) bond motifs is 1. The number of amides is 3. The van der Waals surface area contributed by atoms with Gasteiger partial charge in [-0.05, 0) is 42.0 Å². The van der Waals surface area contributed by atoms with Crippen molar-refractivity contribution < 1.29 is 19.1 Å². The Kier molecular flexibility index (Phi) is 5.93. The summed E-state index contributed by atoms with van der Waals surface area (Å²) in [5, 5.41) is 8.04. The Bertz CT molecular complexity index is 1100. The second kappa shape index (κ2) is 9.13. The van der Waals surface area contributed by atoms with Crippen LogP contribution < -0.4 is 20.7 Å². The summed E-state index contributed by atoms with van der Waals surface area (Å²) < 4.78 is 5.73. The van der Waals surface area contributed by atoms with Gasteiger partial charge in [0.15, 0.2) is 0 Å². The van der Waals surface area contributed by atoms with Crippen molar-refractivity contribution in [2.24, 2.45) is 0 Å². The third-order valence-corrected chi connectivity index (χ3v) is 4.83. The van der Waals surface area contributed by atoms with E-state index in [2.05, 4.69) is 16.0 Å². The molecule has 1 aliphatic rings. The van der Waals surface area contributed by atoms with E-state index in [0.717, 1.165) is 5.56 Å². The van der Waals surface area contributed by atoms with E-state index in [1.807, 2.05) is 30.3 Å². The van der Waals surface area contributed by atoms with Crippen LogP contribution in [-0.4, -0.2) is 23.8 Å². The van der Waals surface area contributed by atoms with Crippen LogP contribution in [0.5, 0.6) is 5.75 Å². The molecular weight excluding hydrogens is 394 g/mol. The Morgan fingerprint density at radius 2 is 1.61 bits per heavy atom. The van der Waals surface area contributed by atoms with E-state index in [0.29, 0.717) is 29.3 Å². The van der Waals surface area contributed by atoms with Gasteiger partial charge in [-0.2, -0.15) is 0 Å². The zero-order valence-electron chi connectivity index (χ0n) is 16.6. The number of rotatable bonds is 6. The highest BCUT2D eigenvalue weighted by atomic mass is 16.5. The molecule has 0 radical (unpaired) electrons. The normalized spacial score (nSPS) is 15.2. The zero-order chi connectivity index (χ0) is 21.6. The van der Waals surface area contributed by atoms with E-state index in [4.69, 9.17) is 4.74 Å². The van der Waals surface area contributed by atoms with Crippen LogP contribution in [0.3, 0.4) is 0 Å². The van der Waals surface area contributed by atoms with Crippen molar-refractivity contribution in [3.05, 3.63) is 90.0 Å². The number of ether oxygens (including phenoxy) is 1. The lowest BCUT2D eigenvalue weighted by molar-refractivity contribution is -0.122. The number of nitrogens with one attached hydrogen (secondary N) is 3. The first-order valence-corrected chi connectivity index (χ1v) is 9.86. The standard InChI is InChI=1S/C24H21N3O4/c28-22(14-21-24(30)26-20-9-5-4-8-19(20)23(29)27-21)25-17-10-12-18(13-11-17)31-15-16-6-2-1-3-7-16/h1-13,21H,14-15H2,(H,25,28)(H,26,30)(H,27,29). The molecule has 0 saturated carbocycles. The molecule has 1 aliphatic heterocycles. The lowest BCUT2D eigenvalue weighted by Gasteiger charge is -2.14. The monoisotopic (exact) mass is 415 g/mol. The SMILES string of the molecule is O=C(CC1NC(=O)c2ccccc2NC1=O)Nc1ccc(OCc2ccccc2)cc1. The van der Waals surface area contributed by atoms with E-state index >= 15 is 0 Å². The number of benzene rings is 3. The van der Waals surface area contributed by atoms with Crippen LogP contribution in [0.15, 0.2) is 78.9 Å². The van der Waals surface area contributed by atoms with Crippen molar-refractivity contribution in [2.45, 2.75) is 19.1 Å². The van der Waals surface area contributed by atoms with Crippen molar-refractivity contribution >= 4 is 29.1 Å². The third kappa shape index (κ3) is 5.08. The van der Waals surface area contributed by atoms with Gasteiger partial charge in [-0.15, -0.1) is 0 Å². The van der Waals surface area contributed by atoms with Crippen LogP contribution >= 0.6 is 0 Å². The molecule has 0 fully saturated rings. The number of hydrogen-bond acceptors (Lipinski definition) is 4. The molecule has 0 bridgehead atoms. The fourth-order valence-corrected chi connectivity index (χ4v) is 3.23. The van der Waals surface area contributed by atoms with E-state index in [9.17, 15) is 14.4 Å². The summed E-state index contributed by atoms with van der Waals surface area (Å²) >= 11 is 0. The maximum Gasteiger partial charge on any atom is 0.254 e. The number of carbonyl (C=O) groups is 3. The average molecular weight is 415 g/mol. The van der Waals surface area contributed by atoms with Gasteiger partial charge in [-0.1, -0.05) is 42.5 Å². The highest BCUT2D eigenvalue weighted by molar-refractivity contribution is 6.11. The first-order chi connectivity index (χ1) is 15.1. The Morgan fingerprint density at radius 3 is 2.39 bits per heavy atom. The number of anilines is 2. The predicted octanol–water partition coefficient (Wildman–Crippen LogP) is 3.34. The van der Waals surface area contributed by atoms with Crippen LogP contribution in [0, 0.1) is 0 Å². The second-order valence-corrected chi connectivity index (χ2v) is 7.11. The molecule has 0 spiro atoms. The second-order valence-electron chi connectivity index (χ2n) is 7.11. The highest BCUT2D eigenvalue weighted by Crippen LogP contribution is 2.20. The average Bonchev–Trinajstić information content (AvgIpc) is 2.90. The minimum absolute atomic E-state index is 0.183. The quantitative estimate of drug-likeness (QED) is 0.575. The highest BCUT2D eigenvalue weighted by Gasteiger charge is 2.29. The summed E-state index contributed by atoms with van der Waals surface area (Å²) in [4.78, 5) is 37.2. The summed E-state index contributed by atoms with van der Waals surface area (Å²) in [7, 11) is 0. The zero-order valence-corrected chi connectivity index (χ0v) is 16.6. The summed E-state index contributed by atoms with van der Waals surface area (Å²) in [5.74, 6) is -0.538. The summed E-state index contributed by atoms with van der Waals surface area (Å²) in [6, 6.07) is 22.5. The van der Waals surface area contributed by atoms with Gasteiger partial charge in [0.1, 0.15) is 18.4 Å². The van der Waals surface area contributed by atoms with E-state index in [1.54, 1.807) is 48.5 Å². The van der Waals surface area contributed by atoms with E-state index in [1.165, 1.54) is 0 Å². The van der Waals surface area contributed by atoms with Crippen molar-refractivity contribution in [1.29, 1.82) is 0 Å². The maximum atomic E-state index is 12.4. The number of carbonyl (C=O) groups excluding carboxylic acids is 3. The number of para-hydroxylation sites is 1. The molecule has 1 atom stereocenters. The van der Waals surface area contributed by atoms with Crippen molar-refractivity contribution in [3.8, 4) is 5.75 Å². The van der Waals surface area contributed by atoms with Crippen molar-refractivity contribution in [3.63, 3.8) is 0 Å². The molecule has 156 valence electrons. The first kappa shape index (κ1) is 20.2. The van der Waals surface area contributed by atoms with Crippen LogP contribution in [0.25, 0.3) is 0 Å². The summed E-state index contributed by atoms with van der Waals surface area (Å²) in [5.41, 5.74) is 2.43. The minimum Gasteiger partial charge on any atom is -0.489 e. The Hall–Kier alpha value is -4.13. The third-order valence-electron chi connectivity index (χ3n) is 4.83. The lowest BCUT2D eigenvalue weighted by atomic mass is 10.1. The van der Waals surface area contributed by atoms with Crippen LogP contribution in [0.2, 0.25) is 0 Å². The predicted molar refractivity (Wildman–Crippen MR) is 117 cm³/mol. The van der Waals surface area contributed by atoms with Gasteiger partial charge in [0.2, 0.25) is 11.8 Å². The number of hydrogen-bond donors (Lipinski definition) is 3. The van der Waals surface area contributed by atoms with Crippen LogP contribution in [0.1, 0.15) is 22.3 Å². The van der Waals surface area contributed by atoms with Gasteiger partial charge in [0.25, 0.3) is 5.91 Å². The molecular formula is C24H21N3O4. The summed E-state index contributed by atoms with van der Waals surface area (Å²) in [6.07, 6.45) is -0.183. The molecule has 4 rings (SSSR count). The molecule has 7 heteroatoms. The first-order valence-electron chi connectivity index (χ1n) is 9.86. The Balaban J connectivity index is 1.32. The molecule has 3 aromatic carbocycles. The molecule has 3 aromatic rings. The van der Waals surface area contributed by atoms with E-state index < -0.39 is 17.9 Å². The minimum atomic E-state index is -0.964. The molecule has 0 saturated heterocycles. The van der Waals surface area contributed by atoms with Gasteiger partial charge in [-0.25, -0.2) is 0 Å². The maximum absolute atomic E-state index is 12.4. The molecule has 1 unspecified atom stereocenters.